The molecule has 0 saturated heterocycles. The third kappa shape index (κ3) is 5.56. The Morgan fingerprint density at radius 1 is 0.730 bits per heavy atom. The fraction of sp³-hybridized carbons (Fsp3) is 0.235. The number of aryl methyl sites for hydroxylation is 1. The smallest absolute Gasteiger partial charge is 0.144 e. The van der Waals surface area contributed by atoms with Crippen molar-refractivity contribution in [1.82, 2.24) is 14.5 Å². The summed E-state index contributed by atoms with van der Waals surface area (Å²) in [5, 5.41) is 0. The van der Waals surface area contributed by atoms with Gasteiger partial charge in [0.2, 0.25) is 0 Å². The highest BCUT2D eigenvalue weighted by atomic mass is 15.1. The molecule has 0 unspecified atom stereocenters. The first-order valence-corrected chi connectivity index (χ1v) is 13.5. The van der Waals surface area contributed by atoms with E-state index in [2.05, 4.69) is 102 Å². The number of aromatic nitrogens is 3. The Bertz CT molecular complexity index is 1420. The molecule has 0 radical (unpaired) electrons. The van der Waals surface area contributed by atoms with E-state index < -0.39 is 0 Å². The third-order valence-corrected chi connectivity index (χ3v) is 7.10. The van der Waals surface area contributed by atoms with Crippen molar-refractivity contribution in [1.29, 1.82) is 0 Å². The van der Waals surface area contributed by atoms with Crippen LogP contribution in [0.2, 0.25) is 0 Å². The van der Waals surface area contributed by atoms with E-state index in [0.717, 1.165) is 24.2 Å². The van der Waals surface area contributed by atoms with Crippen LogP contribution in [0.25, 0.3) is 28.2 Å². The molecule has 0 fully saturated rings. The molecule has 0 bridgehead atoms. The van der Waals surface area contributed by atoms with Crippen LogP contribution < -0.4 is 0 Å². The van der Waals surface area contributed by atoms with Crippen LogP contribution in [0.5, 0.6) is 0 Å². The van der Waals surface area contributed by atoms with Crippen molar-refractivity contribution in [2.75, 3.05) is 0 Å². The Hall–Kier alpha value is -3.98. The van der Waals surface area contributed by atoms with Gasteiger partial charge in [-0.2, -0.15) is 0 Å². The summed E-state index contributed by atoms with van der Waals surface area (Å²) < 4.78 is 2.42. The highest BCUT2D eigenvalue weighted by Gasteiger charge is 2.20. The molecule has 5 rings (SSSR count). The first-order valence-electron chi connectivity index (χ1n) is 13.5. The molecule has 0 amide bonds. The molecule has 0 aliphatic heterocycles. The van der Waals surface area contributed by atoms with E-state index in [1.165, 1.54) is 64.9 Å². The molecule has 5 aromatic rings. The molecule has 0 aliphatic rings. The number of hydrogen-bond acceptors (Lipinski definition) is 2. The van der Waals surface area contributed by atoms with Crippen LogP contribution in [-0.2, 0) is 12.8 Å². The fourth-order valence-corrected chi connectivity index (χ4v) is 5.21. The maximum absolute atomic E-state index is 5.00. The van der Waals surface area contributed by atoms with Gasteiger partial charge in [0.15, 0.2) is 0 Å². The Balaban J connectivity index is 1.71. The van der Waals surface area contributed by atoms with Crippen molar-refractivity contribution in [3.05, 3.63) is 126 Å². The topological polar surface area (TPSA) is 30.7 Å². The van der Waals surface area contributed by atoms with Crippen LogP contribution in [0.3, 0.4) is 0 Å². The van der Waals surface area contributed by atoms with Gasteiger partial charge in [0.25, 0.3) is 0 Å². The van der Waals surface area contributed by atoms with Gasteiger partial charge >= 0.3 is 0 Å². The van der Waals surface area contributed by atoms with Crippen LogP contribution in [-0.4, -0.2) is 14.5 Å². The lowest BCUT2D eigenvalue weighted by Gasteiger charge is -2.22. The highest BCUT2D eigenvalue weighted by Crippen LogP contribution is 2.35. The van der Waals surface area contributed by atoms with Crippen LogP contribution in [0.4, 0.5) is 0 Å². The Labute approximate surface area is 220 Å². The van der Waals surface area contributed by atoms with Crippen molar-refractivity contribution < 1.29 is 0 Å². The fourth-order valence-electron chi connectivity index (χ4n) is 5.21. The summed E-state index contributed by atoms with van der Waals surface area (Å²) in [7, 11) is 0. The summed E-state index contributed by atoms with van der Waals surface area (Å²) in [4.78, 5) is 9.36. The van der Waals surface area contributed by atoms with E-state index in [-0.39, 0.29) is 0 Å². The molecule has 0 saturated carbocycles. The number of hydrogen-bond donors (Lipinski definition) is 0. The minimum atomic E-state index is 0.776. The van der Waals surface area contributed by atoms with Crippen LogP contribution in [0.15, 0.2) is 104 Å². The van der Waals surface area contributed by atoms with E-state index >= 15 is 0 Å². The average molecular weight is 486 g/mol. The number of rotatable bonds is 10. The molecule has 0 N–H and O–H groups in total. The van der Waals surface area contributed by atoms with E-state index in [1.807, 2.05) is 24.7 Å². The van der Waals surface area contributed by atoms with Crippen LogP contribution >= 0.6 is 0 Å². The Morgan fingerprint density at radius 2 is 1.49 bits per heavy atom. The van der Waals surface area contributed by atoms with Gasteiger partial charge in [-0.3, -0.25) is 9.55 Å². The summed E-state index contributed by atoms with van der Waals surface area (Å²) in [5.41, 5.74) is 9.95. The Kier molecular flexibility index (Phi) is 7.90. The maximum Gasteiger partial charge on any atom is 0.144 e. The molecule has 3 nitrogen and oxygen atoms in total. The minimum absolute atomic E-state index is 0.776. The largest absolute Gasteiger partial charge is 0.296 e. The van der Waals surface area contributed by atoms with Crippen molar-refractivity contribution in [3.8, 4) is 28.2 Å². The minimum Gasteiger partial charge on any atom is -0.296 e. The third-order valence-electron chi connectivity index (χ3n) is 7.10. The van der Waals surface area contributed by atoms with Crippen molar-refractivity contribution in [2.24, 2.45) is 0 Å². The zero-order valence-corrected chi connectivity index (χ0v) is 21.9. The lowest BCUT2D eigenvalue weighted by Crippen LogP contribution is -2.10. The summed E-state index contributed by atoms with van der Waals surface area (Å²) >= 11 is 0. The molecule has 2 heterocycles. The number of unbranched alkanes of at least 4 members (excludes halogenated alkanes) is 3. The van der Waals surface area contributed by atoms with Gasteiger partial charge in [-0.05, 0) is 53.6 Å². The molecule has 0 aliphatic carbocycles. The standard InChI is InChI=1S/C34H35N3/c1-3-4-5-8-17-29-20-21-32(28-15-9-6-10-16-28)26(2)33(29)37-31(23-27-14-13-22-35-24-27)25-36-34(37)30-18-11-7-12-19-30/h6-7,9-16,18-22,24-25H,3-5,8,17,23H2,1-2H3. The lowest BCUT2D eigenvalue weighted by molar-refractivity contribution is 0.665. The van der Waals surface area contributed by atoms with Gasteiger partial charge in [-0.1, -0.05) is 105 Å². The second-order valence-electron chi connectivity index (χ2n) is 9.74. The molecule has 2 aromatic heterocycles. The van der Waals surface area contributed by atoms with E-state index in [4.69, 9.17) is 4.98 Å². The molecule has 0 atom stereocenters. The predicted octanol–water partition coefficient (Wildman–Crippen LogP) is 8.62. The van der Waals surface area contributed by atoms with Crippen LogP contribution in [0.1, 0.15) is 55.0 Å². The number of pyridine rings is 1. The molecular formula is C34H35N3. The van der Waals surface area contributed by atoms with Crippen LogP contribution in [0, 0.1) is 6.92 Å². The van der Waals surface area contributed by atoms with Crippen molar-refractivity contribution >= 4 is 0 Å². The average Bonchev–Trinajstić information content (AvgIpc) is 3.35. The number of nitrogens with zero attached hydrogens (tertiary/aromatic N) is 3. The molecular weight excluding hydrogens is 450 g/mol. The van der Waals surface area contributed by atoms with Gasteiger partial charge in [-0.15, -0.1) is 0 Å². The van der Waals surface area contributed by atoms with E-state index in [1.54, 1.807) is 0 Å². The van der Waals surface area contributed by atoms with Gasteiger partial charge in [0.1, 0.15) is 5.82 Å². The van der Waals surface area contributed by atoms with Gasteiger partial charge in [0, 0.05) is 36.3 Å². The predicted molar refractivity (Wildman–Crippen MR) is 154 cm³/mol. The molecule has 3 aromatic carbocycles. The second-order valence-corrected chi connectivity index (χ2v) is 9.74. The second kappa shape index (κ2) is 11.8. The van der Waals surface area contributed by atoms with Gasteiger partial charge in [-0.25, -0.2) is 4.98 Å². The molecule has 3 heteroatoms. The summed E-state index contributed by atoms with van der Waals surface area (Å²) in [6.07, 6.45) is 12.6. The maximum atomic E-state index is 5.00. The highest BCUT2D eigenvalue weighted by molar-refractivity contribution is 5.74. The monoisotopic (exact) mass is 485 g/mol. The quantitative estimate of drug-likeness (QED) is 0.185. The summed E-state index contributed by atoms with van der Waals surface area (Å²) in [5.74, 6) is 0.989. The Morgan fingerprint density at radius 3 is 2.19 bits per heavy atom. The summed E-state index contributed by atoms with van der Waals surface area (Å²) in [6.45, 7) is 4.54. The van der Waals surface area contributed by atoms with E-state index in [0.29, 0.717) is 0 Å². The normalized spacial score (nSPS) is 11.1. The van der Waals surface area contributed by atoms with Crippen molar-refractivity contribution in [3.63, 3.8) is 0 Å². The first-order chi connectivity index (χ1) is 18.3. The van der Waals surface area contributed by atoms with Crippen molar-refractivity contribution in [2.45, 2.75) is 52.4 Å². The zero-order chi connectivity index (χ0) is 25.5. The van der Waals surface area contributed by atoms with E-state index in [9.17, 15) is 0 Å². The molecule has 186 valence electrons. The SMILES string of the molecule is CCCCCCc1ccc(-c2ccccc2)c(C)c1-n1c(Cc2cccnc2)cnc1-c1ccccc1. The summed E-state index contributed by atoms with van der Waals surface area (Å²) in [6, 6.07) is 30.1. The zero-order valence-electron chi connectivity index (χ0n) is 21.9. The first kappa shape index (κ1) is 24.7. The number of benzene rings is 3. The molecule has 37 heavy (non-hydrogen) atoms. The number of imidazole rings is 1. The van der Waals surface area contributed by atoms with Gasteiger partial charge in [0.05, 0.1) is 5.69 Å². The lowest BCUT2D eigenvalue weighted by atomic mass is 9.93. The molecule has 0 spiro atoms. The van der Waals surface area contributed by atoms with Gasteiger partial charge < -0.3 is 0 Å².